The van der Waals surface area contributed by atoms with Gasteiger partial charge in [0.25, 0.3) is 0 Å². The fourth-order valence-electron chi connectivity index (χ4n) is 4.08. The Balaban J connectivity index is 1.90. The number of rotatable bonds is 2. The predicted molar refractivity (Wildman–Crippen MR) is 50.6 cm³/mol. The highest BCUT2D eigenvalue weighted by Gasteiger charge is 2.62. The molecule has 0 spiro atoms. The van der Waals surface area contributed by atoms with Crippen LogP contribution >= 0.6 is 0 Å². The van der Waals surface area contributed by atoms with Gasteiger partial charge in [0.15, 0.2) is 5.79 Å². The second-order valence-corrected chi connectivity index (χ2v) is 4.99. The van der Waals surface area contributed by atoms with E-state index in [2.05, 4.69) is 0 Å². The SMILES string of the molecule is COC12CCC3C(CO)CC(CO1)C32. The van der Waals surface area contributed by atoms with Crippen LogP contribution in [0.2, 0.25) is 0 Å². The van der Waals surface area contributed by atoms with E-state index in [4.69, 9.17) is 9.47 Å². The minimum absolute atomic E-state index is 0.279. The second-order valence-electron chi connectivity index (χ2n) is 4.99. The van der Waals surface area contributed by atoms with Gasteiger partial charge in [0.05, 0.1) is 6.61 Å². The van der Waals surface area contributed by atoms with Crippen LogP contribution in [0.15, 0.2) is 0 Å². The Morgan fingerprint density at radius 3 is 3.14 bits per heavy atom. The topological polar surface area (TPSA) is 38.7 Å². The fourth-order valence-corrected chi connectivity index (χ4v) is 4.08. The Morgan fingerprint density at radius 1 is 1.57 bits per heavy atom. The standard InChI is InChI=1S/C11H18O3/c1-13-11-3-2-9-7(5-12)4-8(6-14-11)10(9)11/h7-10,12H,2-6H2,1H3. The Hall–Kier alpha value is -0.120. The average Bonchev–Trinajstić information content (AvgIpc) is 2.84. The molecule has 2 saturated carbocycles. The van der Waals surface area contributed by atoms with Gasteiger partial charge in [-0.3, -0.25) is 0 Å². The lowest BCUT2D eigenvalue weighted by Crippen LogP contribution is -2.35. The molecule has 2 aliphatic carbocycles. The maximum Gasteiger partial charge on any atom is 0.171 e. The minimum atomic E-state index is -0.279. The van der Waals surface area contributed by atoms with Crippen LogP contribution in [0.4, 0.5) is 0 Å². The zero-order chi connectivity index (χ0) is 9.76. The Bertz CT molecular complexity index is 243. The van der Waals surface area contributed by atoms with Gasteiger partial charge in [-0.25, -0.2) is 0 Å². The fraction of sp³-hybridized carbons (Fsp3) is 1.00. The van der Waals surface area contributed by atoms with Crippen molar-refractivity contribution in [2.24, 2.45) is 23.7 Å². The van der Waals surface area contributed by atoms with Crippen molar-refractivity contribution in [1.82, 2.24) is 0 Å². The summed E-state index contributed by atoms with van der Waals surface area (Å²) < 4.78 is 11.4. The van der Waals surface area contributed by atoms with E-state index in [1.807, 2.05) is 0 Å². The first-order valence-corrected chi connectivity index (χ1v) is 5.60. The number of aliphatic hydroxyl groups is 1. The van der Waals surface area contributed by atoms with Crippen LogP contribution in [0.1, 0.15) is 19.3 Å². The van der Waals surface area contributed by atoms with Crippen molar-refractivity contribution < 1.29 is 14.6 Å². The maximum absolute atomic E-state index is 9.32. The highest BCUT2D eigenvalue weighted by Crippen LogP contribution is 2.60. The van der Waals surface area contributed by atoms with Crippen LogP contribution in [-0.2, 0) is 9.47 Å². The van der Waals surface area contributed by atoms with Gasteiger partial charge in [-0.1, -0.05) is 0 Å². The van der Waals surface area contributed by atoms with E-state index in [0.29, 0.717) is 30.3 Å². The normalized spacial score (nSPS) is 55.3. The molecule has 0 aromatic rings. The largest absolute Gasteiger partial charge is 0.396 e. The zero-order valence-corrected chi connectivity index (χ0v) is 8.61. The molecule has 0 aromatic carbocycles. The number of methoxy groups -OCH3 is 1. The third-order valence-electron chi connectivity index (χ3n) is 4.64. The van der Waals surface area contributed by atoms with Crippen molar-refractivity contribution in [3.63, 3.8) is 0 Å². The van der Waals surface area contributed by atoms with Crippen LogP contribution in [-0.4, -0.2) is 31.2 Å². The molecule has 1 N–H and O–H groups in total. The van der Waals surface area contributed by atoms with Crippen molar-refractivity contribution in [3.8, 4) is 0 Å². The van der Waals surface area contributed by atoms with Crippen molar-refractivity contribution in [3.05, 3.63) is 0 Å². The lowest BCUT2D eigenvalue weighted by Gasteiger charge is -2.28. The minimum Gasteiger partial charge on any atom is -0.396 e. The first-order chi connectivity index (χ1) is 6.80. The molecule has 14 heavy (non-hydrogen) atoms. The van der Waals surface area contributed by atoms with Gasteiger partial charge in [0.1, 0.15) is 0 Å². The van der Waals surface area contributed by atoms with Gasteiger partial charge >= 0.3 is 0 Å². The molecule has 1 heterocycles. The molecule has 3 rings (SSSR count). The summed E-state index contributed by atoms with van der Waals surface area (Å²) in [7, 11) is 1.76. The van der Waals surface area contributed by atoms with Crippen LogP contribution in [0.3, 0.4) is 0 Å². The molecule has 3 nitrogen and oxygen atoms in total. The molecule has 0 radical (unpaired) electrons. The number of aliphatic hydroxyl groups excluding tert-OH is 1. The lowest BCUT2D eigenvalue weighted by molar-refractivity contribution is -0.207. The summed E-state index contributed by atoms with van der Waals surface area (Å²) >= 11 is 0. The van der Waals surface area contributed by atoms with E-state index in [9.17, 15) is 5.11 Å². The monoisotopic (exact) mass is 198 g/mol. The quantitative estimate of drug-likeness (QED) is 0.719. The molecule has 0 amide bonds. The molecule has 1 saturated heterocycles. The molecule has 3 heteroatoms. The smallest absolute Gasteiger partial charge is 0.171 e. The molecular formula is C11H18O3. The Labute approximate surface area is 84.4 Å². The van der Waals surface area contributed by atoms with Crippen LogP contribution < -0.4 is 0 Å². The summed E-state index contributed by atoms with van der Waals surface area (Å²) in [5.74, 6) is 2.07. The number of hydrogen-bond acceptors (Lipinski definition) is 3. The summed E-state index contributed by atoms with van der Waals surface area (Å²) in [6.07, 6.45) is 3.32. The van der Waals surface area contributed by atoms with Crippen molar-refractivity contribution in [1.29, 1.82) is 0 Å². The Kier molecular flexibility index (Phi) is 1.92. The van der Waals surface area contributed by atoms with E-state index >= 15 is 0 Å². The zero-order valence-electron chi connectivity index (χ0n) is 8.61. The predicted octanol–water partition coefficient (Wildman–Crippen LogP) is 1.01. The average molecular weight is 198 g/mol. The summed E-state index contributed by atoms with van der Waals surface area (Å²) in [5.41, 5.74) is 0. The molecule has 5 atom stereocenters. The third-order valence-corrected chi connectivity index (χ3v) is 4.64. The van der Waals surface area contributed by atoms with Gasteiger partial charge < -0.3 is 14.6 Å². The van der Waals surface area contributed by atoms with Gasteiger partial charge in [-0.2, -0.15) is 0 Å². The van der Waals surface area contributed by atoms with Gasteiger partial charge in [-0.05, 0) is 30.6 Å². The maximum atomic E-state index is 9.32. The summed E-state index contributed by atoms with van der Waals surface area (Å²) in [4.78, 5) is 0. The lowest BCUT2D eigenvalue weighted by atomic mass is 9.89. The van der Waals surface area contributed by atoms with Crippen LogP contribution in [0.25, 0.3) is 0 Å². The Morgan fingerprint density at radius 2 is 2.43 bits per heavy atom. The van der Waals surface area contributed by atoms with Crippen molar-refractivity contribution >= 4 is 0 Å². The number of ether oxygens (including phenoxy) is 2. The second kappa shape index (κ2) is 2.94. The number of hydrogen-bond donors (Lipinski definition) is 1. The summed E-state index contributed by atoms with van der Waals surface area (Å²) in [6.45, 7) is 1.18. The molecule has 3 aliphatic rings. The van der Waals surface area contributed by atoms with E-state index < -0.39 is 0 Å². The molecular weight excluding hydrogens is 180 g/mol. The summed E-state index contributed by atoms with van der Waals surface area (Å²) in [5, 5.41) is 9.32. The molecule has 0 aromatic heterocycles. The molecule has 1 aliphatic heterocycles. The van der Waals surface area contributed by atoms with Gasteiger partial charge in [0, 0.05) is 26.1 Å². The third kappa shape index (κ3) is 0.930. The van der Waals surface area contributed by atoms with Gasteiger partial charge in [0.2, 0.25) is 0 Å². The molecule has 80 valence electrons. The highest BCUT2D eigenvalue weighted by molar-refractivity contribution is 5.06. The first-order valence-electron chi connectivity index (χ1n) is 5.60. The first kappa shape index (κ1) is 9.13. The van der Waals surface area contributed by atoms with Crippen LogP contribution in [0.5, 0.6) is 0 Å². The molecule has 5 unspecified atom stereocenters. The van der Waals surface area contributed by atoms with E-state index in [1.165, 1.54) is 6.42 Å². The highest BCUT2D eigenvalue weighted by atomic mass is 16.7. The van der Waals surface area contributed by atoms with Crippen LogP contribution in [0, 0.1) is 23.7 Å². The summed E-state index contributed by atoms with van der Waals surface area (Å²) in [6, 6.07) is 0. The van der Waals surface area contributed by atoms with Crippen molar-refractivity contribution in [2.45, 2.75) is 25.0 Å². The molecule has 0 bridgehead atoms. The van der Waals surface area contributed by atoms with E-state index in [-0.39, 0.29) is 5.79 Å². The molecule has 3 fully saturated rings. The van der Waals surface area contributed by atoms with Crippen molar-refractivity contribution in [2.75, 3.05) is 20.3 Å². The van der Waals surface area contributed by atoms with E-state index in [1.54, 1.807) is 7.11 Å². The van der Waals surface area contributed by atoms with E-state index in [0.717, 1.165) is 19.4 Å². The van der Waals surface area contributed by atoms with Gasteiger partial charge in [-0.15, -0.1) is 0 Å².